The molecule has 0 saturated heterocycles. The largest absolute Gasteiger partial charge is 0.212 e. The van der Waals surface area contributed by atoms with E-state index < -0.39 is 15.6 Å². The maximum atomic E-state index is 11.2. The molecule has 0 aromatic heterocycles. The first-order valence-electron chi connectivity index (χ1n) is 4.34. The summed E-state index contributed by atoms with van der Waals surface area (Å²) in [5, 5.41) is 0. The van der Waals surface area contributed by atoms with E-state index in [-0.39, 0.29) is 5.75 Å². The molecule has 0 aliphatic carbocycles. The first-order valence-corrected chi connectivity index (χ1v) is 6.53. The molecule has 0 bridgehead atoms. The van der Waals surface area contributed by atoms with Crippen LogP contribution in [0.3, 0.4) is 0 Å². The van der Waals surface area contributed by atoms with E-state index in [0.29, 0.717) is 12.3 Å². The Morgan fingerprint density at radius 2 is 1.71 bits per heavy atom. The topological polar surface area (TPSA) is 46.2 Å². The van der Waals surface area contributed by atoms with Gasteiger partial charge in [0.15, 0.2) is 0 Å². The van der Waals surface area contributed by atoms with E-state index in [4.69, 9.17) is 11.6 Å². The minimum atomic E-state index is -3.14. The molecule has 0 radical (unpaired) electrons. The summed E-state index contributed by atoms with van der Waals surface area (Å²) in [4.78, 5) is 0. The van der Waals surface area contributed by atoms with Crippen LogP contribution in [0.4, 0.5) is 0 Å². The molecule has 0 aromatic rings. The summed E-state index contributed by atoms with van der Waals surface area (Å²) in [7, 11) is -3.14. The van der Waals surface area contributed by atoms with Gasteiger partial charge < -0.3 is 0 Å². The van der Waals surface area contributed by atoms with E-state index in [1.54, 1.807) is 0 Å². The van der Waals surface area contributed by atoms with Gasteiger partial charge in [0.1, 0.15) is 0 Å². The lowest BCUT2D eigenvalue weighted by Crippen LogP contribution is -2.41. The number of nitrogens with one attached hydrogen (secondary N) is 1. The number of halogens is 1. The van der Waals surface area contributed by atoms with Crippen molar-refractivity contribution in [2.45, 2.75) is 32.7 Å². The number of alkyl halides is 1. The third-order valence-corrected chi connectivity index (χ3v) is 3.03. The summed E-state index contributed by atoms with van der Waals surface area (Å²) >= 11 is 5.39. The van der Waals surface area contributed by atoms with Gasteiger partial charge in [-0.2, -0.15) is 0 Å². The van der Waals surface area contributed by atoms with Gasteiger partial charge in [0.25, 0.3) is 0 Å². The van der Waals surface area contributed by atoms with Gasteiger partial charge in [0, 0.05) is 11.4 Å². The highest BCUT2D eigenvalue weighted by Gasteiger charge is 2.18. The van der Waals surface area contributed by atoms with Crippen LogP contribution in [0.15, 0.2) is 13.2 Å². The Balaban J connectivity index is 0. The first-order chi connectivity index (χ1) is 6.27. The second-order valence-corrected chi connectivity index (χ2v) is 5.93. The molecular formula is C9H20ClNO2S. The molecule has 0 amide bonds. The Kier molecular flexibility index (Phi) is 8.49. The van der Waals surface area contributed by atoms with Crippen LogP contribution in [-0.4, -0.2) is 25.6 Å². The van der Waals surface area contributed by atoms with Gasteiger partial charge in [-0.25, -0.2) is 13.1 Å². The predicted octanol–water partition coefficient (Wildman–Crippen LogP) is 2.14. The molecule has 14 heavy (non-hydrogen) atoms. The summed E-state index contributed by atoms with van der Waals surface area (Å²) in [5.74, 6) is 0.485. The maximum Gasteiger partial charge on any atom is 0.212 e. The van der Waals surface area contributed by atoms with Gasteiger partial charge >= 0.3 is 0 Å². The highest BCUT2D eigenvalue weighted by Crippen LogP contribution is 2.03. The molecule has 1 N–H and O–H groups in total. The van der Waals surface area contributed by atoms with Crippen molar-refractivity contribution in [2.24, 2.45) is 0 Å². The zero-order valence-corrected chi connectivity index (χ0v) is 10.7. The number of sulfonamides is 1. The van der Waals surface area contributed by atoms with E-state index in [1.807, 2.05) is 20.8 Å². The molecule has 0 saturated carbocycles. The SMILES string of the molecule is C=C.CC(C)(C)NS(=O)(=O)CCCCl. The Morgan fingerprint density at radius 1 is 1.29 bits per heavy atom. The smallest absolute Gasteiger partial charge is 0.212 e. The lowest BCUT2D eigenvalue weighted by molar-refractivity contribution is 0.491. The minimum Gasteiger partial charge on any atom is -0.212 e. The van der Waals surface area contributed by atoms with Gasteiger partial charge in [-0.3, -0.25) is 0 Å². The molecule has 0 spiro atoms. The average molecular weight is 242 g/mol. The molecule has 0 unspecified atom stereocenters. The fourth-order valence-electron chi connectivity index (χ4n) is 0.762. The molecule has 0 atom stereocenters. The Labute approximate surface area is 92.6 Å². The van der Waals surface area contributed by atoms with E-state index >= 15 is 0 Å². The van der Waals surface area contributed by atoms with Crippen molar-refractivity contribution in [1.29, 1.82) is 0 Å². The van der Waals surface area contributed by atoms with Gasteiger partial charge in [-0.15, -0.1) is 24.8 Å². The molecule has 0 aromatic carbocycles. The van der Waals surface area contributed by atoms with Crippen LogP contribution >= 0.6 is 11.6 Å². The fourth-order valence-corrected chi connectivity index (χ4v) is 2.61. The van der Waals surface area contributed by atoms with Crippen LogP contribution in [-0.2, 0) is 10.0 Å². The maximum absolute atomic E-state index is 11.2. The van der Waals surface area contributed by atoms with E-state index in [2.05, 4.69) is 17.9 Å². The highest BCUT2D eigenvalue weighted by molar-refractivity contribution is 7.89. The van der Waals surface area contributed by atoms with Crippen LogP contribution in [0.25, 0.3) is 0 Å². The number of hydrogen-bond acceptors (Lipinski definition) is 2. The van der Waals surface area contributed by atoms with Crippen LogP contribution < -0.4 is 4.72 Å². The zero-order chi connectivity index (χ0) is 11.8. The lowest BCUT2D eigenvalue weighted by Gasteiger charge is -2.19. The second kappa shape index (κ2) is 7.26. The Hall–Kier alpha value is -0.0600. The van der Waals surface area contributed by atoms with Gasteiger partial charge in [0.05, 0.1) is 5.75 Å². The summed E-state index contributed by atoms with van der Waals surface area (Å²) in [6.07, 6.45) is 0.493. The van der Waals surface area contributed by atoms with Crippen LogP contribution in [0.1, 0.15) is 27.2 Å². The molecule has 0 aliphatic rings. The quantitative estimate of drug-likeness (QED) is 0.606. The van der Waals surface area contributed by atoms with Crippen molar-refractivity contribution in [1.82, 2.24) is 4.72 Å². The van der Waals surface area contributed by atoms with Gasteiger partial charge in [0.2, 0.25) is 10.0 Å². The van der Waals surface area contributed by atoms with Gasteiger partial charge in [-0.1, -0.05) is 0 Å². The first kappa shape index (κ1) is 16.4. The number of rotatable bonds is 4. The average Bonchev–Trinajstić information content (AvgIpc) is 2.00. The summed E-state index contributed by atoms with van der Waals surface area (Å²) in [6, 6.07) is 0. The van der Waals surface area contributed by atoms with Crippen molar-refractivity contribution >= 4 is 21.6 Å². The molecule has 0 heterocycles. The summed E-state index contributed by atoms with van der Waals surface area (Å²) in [5.41, 5.74) is -0.398. The van der Waals surface area contributed by atoms with Crippen LogP contribution in [0, 0.1) is 0 Å². The van der Waals surface area contributed by atoms with Crippen molar-refractivity contribution in [2.75, 3.05) is 11.6 Å². The monoisotopic (exact) mass is 241 g/mol. The number of hydrogen-bond donors (Lipinski definition) is 1. The van der Waals surface area contributed by atoms with Crippen molar-refractivity contribution in [3.05, 3.63) is 13.2 Å². The third kappa shape index (κ3) is 11.9. The Morgan fingerprint density at radius 3 is 2.00 bits per heavy atom. The van der Waals surface area contributed by atoms with E-state index in [0.717, 1.165) is 0 Å². The van der Waals surface area contributed by atoms with Crippen molar-refractivity contribution in [3.8, 4) is 0 Å². The standard InChI is InChI=1S/C7H16ClNO2S.C2H4/c1-7(2,3)9-12(10,11)6-4-5-8;1-2/h9H,4-6H2,1-3H3;1-2H2. The molecule has 0 aliphatic heterocycles. The highest BCUT2D eigenvalue weighted by atomic mass is 35.5. The predicted molar refractivity (Wildman–Crippen MR) is 63.3 cm³/mol. The molecule has 3 nitrogen and oxygen atoms in total. The molecule has 0 fully saturated rings. The summed E-state index contributed by atoms with van der Waals surface area (Å²) in [6.45, 7) is 11.4. The molecule has 86 valence electrons. The van der Waals surface area contributed by atoms with Crippen LogP contribution in [0.5, 0.6) is 0 Å². The van der Waals surface area contributed by atoms with Crippen LogP contribution in [0.2, 0.25) is 0 Å². The molecule has 0 rings (SSSR count). The third-order valence-electron chi connectivity index (χ3n) is 1.01. The van der Waals surface area contributed by atoms with E-state index in [9.17, 15) is 8.42 Å². The van der Waals surface area contributed by atoms with Gasteiger partial charge in [-0.05, 0) is 27.2 Å². The molecular weight excluding hydrogens is 222 g/mol. The van der Waals surface area contributed by atoms with Crippen molar-refractivity contribution in [3.63, 3.8) is 0 Å². The normalized spacial score (nSPS) is 11.7. The fraction of sp³-hybridized carbons (Fsp3) is 0.778. The summed E-state index contributed by atoms with van der Waals surface area (Å²) < 4.78 is 25.0. The zero-order valence-electron chi connectivity index (χ0n) is 9.14. The second-order valence-electron chi connectivity index (χ2n) is 3.71. The van der Waals surface area contributed by atoms with Crippen molar-refractivity contribution < 1.29 is 8.42 Å². The van der Waals surface area contributed by atoms with E-state index in [1.165, 1.54) is 0 Å². The lowest BCUT2D eigenvalue weighted by atomic mass is 10.1. The minimum absolute atomic E-state index is 0.105. The molecule has 5 heteroatoms. The Bertz CT molecular complexity index is 232.